The van der Waals surface area contributed by atoms with E-state index in [2.05, 4.69) is 0 Å². The number of benzene rings is 1. The summed E-state index contributed by atoms with van der Waals surface area (Å²) in [7, 11) is 1.60. The first-order valence-electron chi connectivity index (χ1n) is 4.77. The van der Waals surface area contributed by atoms with Crippen LogP contribution in [0.2, 0.25) is 0 Å². The van der Waals surface area contributed by atoms with E-state index in [1.165, 1.54) is 11.8 Å². The summed E-state index contributed by atoms with van der Waals surface area (Å²) in [5, 5.41) is 0. The predicted molar refractivity (Wildman–Crippen MR) is 65.2 cm³/mol. The molecule has 0 aliphatic carbocycles. The maximum atomic E-state index is 11.9. The van der Waals surface area contributed by atoms with Gasteiger partial charge in [-0.3, -0.25) is 4.79 Å². The smallest absolute Gasteiger partial charge is 0.176 e. The standard InChI is InChI=1S/C12H16O2S/c1-8-5-9(2)12(10(13)7-15-4)11(6-8)14-3/h5-6H,7H2,1-4H3. The maximum Gasteiger partial charge on any atom is 0.176 e. The van der Waals surface area contributed by atoms with Crippen LogP contribution in [-0.4, -0.2) is 24.9 Å². The van der Waals surface area contributed by atoms with Crippen molar-refractivity contribution in [1.82, 2.24) is 0 Å². The van der Waals surface area contributed by atoms with Crippen LogP contribution in [0, 0.1) is 13.8 Å². The molecule has 0 saturated heterocycles. The fourth-order valence-corrected chi connectivity index (χ4v) is 2.06. The summed E-state index contributed by atoms with van der Waals surface area (Å²) in [6.45, 7) is 3.95. The molecule has 0 aromatic heterocycles. The molecule has 0 N–H and O–H groups in total. The molecule has 0 unspecified atom stereocenters. The molecule has 0 fully saturated rings. The van der Waals surface area contributed by atoms with E-state index in [0.717, 1.165) is 16.7 Å². The molecule has 3 heteroatoms. The molecule has 1 aromatic carbocycles. The number of aryl methyl sites for hydroxylation is 2. The largest absolute Gasteiger partial charge is 0.496 e. The van der Waals surface area contributed by atoms with Crippen LogP contribution < -0.4 is 4.74 Å². The summed E-state index contributed by atoms with van der Waals surface area (Å²) in [6.07, 6.45) is 1.92. The van der Waals surface area contributed by atoms with Gasteiger partial charge in [0, 0.05) is 0 Å². The molecule has 82 valence electrons. The fraction of sp³-hybridized carbons (Fsp3) is 0.417. The van der Waals surface area contributed by atoms with E-state index in [1.807, 2.05) is 32.2 Å². The van der Waals surface area contributed by atoms with Gasteiger partial charge in [0.1, 0.15) is 5.75 Å². The first-order valence-corrected chi connectivity index (χ1v) is 6.17. The van der Waals surface area contributed by atoms with Crippen LogP contribution in [-0.2, 0) is 0 Å². The summed E-state index contributed by atoms with van der Waals surface area (Å²) >= 11 is 1.53. The van der Waals surface area contributed by atoms with Gasteiger partial charge in [-0.2, -0.15) is 11.8 Å². The molecule has 2 nitrogen and oxygen atoms in total. The van der Waals surface area contributed by atoms with E-state index in [-0.39, 0.29) is 5.78 Å². The van der Waals surface area contributed by atoms with E-state index < -0.39 is 0 Å². The van der Waals surface area contributed by atoms with E-state index in [0.29, 0.717) is 11.5 Å². The Balaban J connectivity index is 3.20. The van der Waals surface area contributed by atoms with Gasteiger partial charge in [-0.05, 0) is 37.3 Å². The van der Waals surface area contributed by atoms with Crippen LogP contribution in [0.15, 0.2) is 12.1 Å². The van der Waals surface area contributed by atoms with Gasteiger partial charge in [0.05, 0.1) is 18.4 Å². The van der Waals surface area contributed by atoms with Gasteiger partial charge in [-0.1, -0.05) is 6.07 Å². The SMILES string of the molecule is COc1cc(C)cc(C)c1C(=O)CSC. The van der Waals surface area contributed by atoms with Crippen molar-refractivity contribution >= 4 is 17.5 Å². The number of hydrogen-bond donors (Lipinski definition) is 0. The Morgan fingerprint density at radius 1 is 1.40 bits per heavy atom. The van der Waals surface area contributed by atoms with Gasteiger partial charge in [-0.15, -0.1) is 0 Å². The van der Waals surface area contributed by atoms with Crippen molar-refractivity contribution in [2.75, 3.05) is 19.1 Å². The van der Waals surface area contributed by atoms with E-state index in [4.69, 9.17) is 4.74 Å². The molecule has 0 radical (unpaired) electrons. The molecule has 0 saturated carbocycles. The van der Waals surface area contributed by atoms with Crippen LogP contribution in [0.1, 0.15) is 21.5 Å². The average Bonchev–Trinajstić information content (AvgIpc) is 2.16. The second kappa shape index (κ2) is 5.21. The molecule has 0 aliphatic heterocycles. The quantitative estimate of drug-likeness (QED) is 0.736. The molecule has 0 bridgehead atoms. The molecule has 15 heavy (non-hydrogen) atoms. The summed E-state index contributed by atoms with van der Waals surface area (Å²) in [5.74, 6) is 1.32. The average molecular weight is 224 g/mol. The Hall–Kier alpha value is -0.960. The number of ketones is 1. The summed E-state index contributed by atoms with van der Waals surface area (Å²) in [6, 6.07) is 3.91. The molecule has 0 atom stereocenters. The molecular formula is C12H16O2S. The van der Waals surface area contributed by atoms with Gasteiger partial charge >= 0.3 is 0 Å². The lowest BCUT2D eigenvalue weighted by Crippen LogP contribution is -2.07. The lowest BCUT2D eigenvalue weighted by atomic mass is 10.0. The lowest BCUT2D eigenvalue weighted by molar-refractivity contribution is 0.101. The van der Waals surface area contributed by atoms with Crippen molar-refractivity contribution < 1.29 is 9.53 Å². The third-order valence-corrected chi connectivity index (χ3v) is 2.77. The second-order valence-electron chi connectivity index (χ2n) is 3.52. The van der Waals surface area contributed by atoms with Crippen molar-refractivity contribution in [3.63, 3.8) is 0 Å². The zero-order chi connectivity index (χ0) is 11.4. The fourth-order valence-electron chi connectivity index (χ4n) is 1.65. The number of rotatable bonds is 4. The minimum Gasteiger partial charge on any atom is -0.496 e. The Kier molecular flexibility index (Phi) is 4.21. The number of methoxy groups -OCH3 is 1. The number of Topliss-reactive ketones (excluding diaryl/α,β-unsaturated/α-hetero) is 1. The van der Waals surface area contributed by atoms with Gasteiger partial charge in [0.2, 0.25) is 0 Å². The number of carbonyl (C=O) groups excluding carboxylic acids is 1. The molecule has 1 rings (SSSR count). The van der Waals surface area contributed by atoms with Gasteiger partial charge in [-0.25, -0.2) is 0 Å². The number of hydrogen-bond acceptors (Lipinski definition) is 3. The van der Waals surface area contributed by atoms with E-state index in [1.54, 1.807) is 7.11 Å². The van der Waals surface area contributed by atoms with Gasteiger partial charge < -0.3 is 4.74 Å². The third-order valence-electron chi connectivity index (χ3n) is 2.22. The summed E-state index contributed by atoms with van der Waals surface area (Å²) in [4.78, 5) is 11.9. The first-order chi connectivity index (χ1) is 7.10. The predicted octanol–water partition coefficient (Wildman–Crippen LogP) is 2.86. The number of thioether (sulfide) groups is 1. The maximum absolute atomic E-state index is 11.9. The van der Waals surface area contributed by atoms with E-state index >= 15 is 0 Å². The highest BCUT2D eigenvalue weighted by Gasteiger charge is 2.14. The molecular weight excluding hydrogens is 208 g/mol. The first kappa shape index (κ1) is 12.1. The Morgan fingerprint density at radius 3 is 2.60 bits per heavy atom. The Labute approximate surface area is 95.0 Å². The van der Waals surface area contributed by atoms with Crippen molar-refractivity contribution in [3.8, 4) is 5.75 Å². The zero-order valence-electron chi connectivity index (χ0n) is 9.59. The topological polar surface area (TPSA) is 26.3 Å². The number of carbonyl (C=O) groups is 1. The highest BCUT2D eigenvalue weighted by Crippen LogP contribution is 2.25. The highest BCUT2D eigenvalue weighted by atomic mass is 32.2. The molecule has 0 amide bonds. The van der Waals surface area contributed by atoms with Crippen molar-refractivity contribution in [3.05, 3.63) is 28.8 Å². The van der Waals surface area contributed by atoms with Crippen molar-refractivity contribution in [2.45, 2.75) is 13.8 Å². The Morgan fingerprint density at radius 2 is 2.07 bits per heavy atom. The minimum absolute atomic E-state index is 0.136. The molecule has 0 heterocycles. The van der Waals surface area contributed by atoms with Crippen LogP contribution in [0.3, 0.4) is 0 Å². The van der Waals surface area contributed by atoms with Crippen LogP contribution in [0.5, 0.6) is 5.75 Å². The third kappa shape index (κ3) is 2.75. The highest BCUT2D eigenvalue weighted by molar-refractivity contribution is 7.99. The van der Waals surface area contributed by atoms with Gasteiger partial charge in [0.25, 0.3) is 0 Å². The minimum atomic E-state index is 0.136. The van der Waals surface area contributed by atoms with Crippen LogP contribution in [0.4, 0.5) is 0 Å². The summed E-state index contributed by atoms with van der Waals surface area (Å²) < 4.78 is 5.24. The zero-order valence-corrected chi connectivity index (χ0v) is 10.4. The van der Waals surface area contributed by atoms with Crippen molar-refractivity contribution in [1.29, 1.82) is 0 Å². The molecule has 0 aliphatic rings. The van der Waals surface area contributed by atoms with Crippen molar-refractivity contribution in [2.24, 2.45) is 0 Å². The monoisotopic (exact) mass is 224 g/mol. The number of ether oxygens (including phenoxy) is 1. The van der Waals surface area contributed by atoms with Gasteiger partial charge in [0.15, 0.2) is 5.78 Å². The summed E-state index contributed by atoms with van der Waals surface area (Å²) in [5.41, 5.74) is 2.83. The van der Waals surface area contributed by atoms with Crippen LogP contribution in [0.25, 0.3) is 0 Å². The van der Waals surface area contributed by atoms with Crippen LogP contribution >= 0.6 is 11.8 Å². The Bertz CT molecular complexity index is 372. The molecule has 1 aromatic rings. The molecule has 0 spiro atoms. The van der Waals surface area contributed by atoms with E-state index in [9.17, 15) is 4.79 Å². The second-order valence-corrected chi connectivity index (χ2v) is 4.38. The normalized spacial score (nSPS) is 10.1. The lowest BCUT2D eigenvalue weighted by Gasteiger charge is -2.11.